The average molecular weight is 313 g/mol. The smallest absolute Gasteiger partial charge is 0.239 e. The number of rotatable bonds is 5. The van der Waals surface area contributed by atoms with Crippen molar-refractivity contribution in [3.05, 3.63) is 35.9 Å². The highest BCUT2D eigenvalue weighted by atomic mass is 35.5. The SMILES string of the molecule is C[C@@H](N)C(=O)N1CCC(OCCc2ccccc2)CC1.Cl. The number of carbonyl (C=O) groups excluding carboxylic acids is 1. The first-order valence-electron chi connectivity index (χ1n) is 7.36. The van der Waals surface area contributed by atoms with Gasteiger partial charge in [-0.2, -0.15) is 0 Å². The van der Waals surface area contributed by atoms with E-state index in [1.165, 1.54) is 5.56 Å². The highest BCUT2D eigenvalue weighted by Gasteiger charge is 2.24. The fraction of sp³-hybridized carbons (Fsp3) is 0.562. The normalized spacial score (nSPS) is 17.1. The summed E-state index contributed by atoms with van der Waals surface area (Å²) in [6, 6.07) is 9.96. The van der Waals surface area contributed by atoms with E-state index in [0.29, 0.717) is 0 Å². The molecule has 4 nitrogen and oxygen atoms in total. The summed E-state index contributed by atoms with van der Waals surface area (Å²) >= 11 is 0. The summed E-state index contributed by atoms with van der Waals surface area (Å²) in [5.74, 6) is 0.0488. The van der Waals surface area contributed by atoms with Crippen molar-refractivity contribution >= 4 is 18.3 Å². The molecule has 1 fully saturated rings. The topological polar surface area (TPSA) is 55.6 Å². The molecule has 0 bridgehead atoms. The maximum absolute atomic E-state index is 11.8. The fourth-order valence-electron chi connectivity index (χ4n) is 2.52. The van der Waals surface area contributed by atoms with Crippen LogP contribution >= 0.6 is 12.4 Å². The van der Waals surface area contributed by atoms with Crippen LogP contribution < -0.4 is 5.73 Å². The molecule has 2 N–H and O–H groups in total. The molecule has 0 unspecified atom stereocenters. The monoisotopic (exact) mass is 312 g/mol. The number of benzene rings is 1. The minimum Gasteiger partial charge on any atom is -0.378 e. The van der Waals surface area contributed by atoms with Gasteiger partial charge in [0.15, 0.2) is 0 Å². The summed E-state index contributed by atoms with van der Waals surface area (Å²) in [5, 5.41) is 0. The predicted molar refractivity (Wildman–Crippen MR) is 86.6 cm³/mol. The molecule has 1 atom stereocenters. The van der Waals surface area contributed by atoms with Gasteiger partial charge in [-0.1, -0.05) is 30.3 Å². The number of likely N-dealkylation sites (tertiary alicyclic amines) is 1. The third kappa shape index (κ3) is 5.65. The van der Waals surface area contributed by atoms with Gasteiger partial charge in [-0.25, -0.2) is 0 Å². The Morgan fingerprint density at radius 1 is 1.33 bits per heavy atom. The van der Waals surface area contributed by atoms with Gasteiger partial charge in [0.05, 0.1) is 18.8 Å². The van der Waals surface area contributed by atoms with Gasteiger partial charge in [-0.3, -0.25) is 4.79 Å². The van der Waals surface area contributed by atoms with Crippen molar-refractivity contribution in [1.82, 2.24) is 4.90 Å². The second-order valence-corrected chi connectivity index (χ2v) is 5.42. The van der Waals surface area contributed by atoms with Gasteiger partial charge in [0.2, 0.25) is 5.91 Å². The Morgan fingerprint density at radius 2 is 1.95 bits per heavy atom. The molecule has 0 spiro atoms. The summed E-state index contributed by atoms with van der Waals surface area (Å²) in [7, 11) is 0. The fourth-order valence-corrected chi connectivity index (χ4v) is 2.52. The third-order valence-electron chi connectivity index (χ3n) is 3.73. The molecule has 2 rings (SSSR count). The summed E-state index contributed by atoms with van der Waals surface area (Å²) in [6.07, 6.45) is 3.04. The number of halogens is 1. The van der Waals surface area contributed by atoms with Crippen LogP contribution in [0, 0.1) is 0 Å². The van der Waals surface area contributed by atoms with E-state index in [9.17, 15) is 4.79 Å². The highest BCUT2D eigenvalue weighted by Crippen LogP contribution is 2.15. The number of nitrogens with zero attached hydrogens (tertiary/aromatic N) is 1. The van der Waals surface area contributed by atoms with Crippen LogP contribution in [0.2, 0.25) is 0 Å². The molecule has 1 heterocycles. The van der Waals surface area contributed by atoms with Crippen LogP contribution in [-0.4, -0.2) is 42.6 Å². The Labute approximate surface area is 133 Å². The summed E-state index contributed by atoms with van der Waals surface area (Å²) in [4.78, 5) is 13.6. The van der Waals surface area contributed by atoms with Crippen molar-refractivity contribution in [2.75, 3.05) is 19.7 Å². The van der Waals surface area contributed by atoms with Gasteiger partial charge < -0.3 is 15.4 Å². The second-order valence-electron chi connectivity index (χ2n) is 5.42. The number of piperidine rings is 1. The van der Waals surface area contributed by atoms with Crippen LogP contribution in [0.25, 0.3) is 0 Å². The molecular formula is C16H25ClN2O2. The Hall–Kier alpha value is -1.10. The van der Waals surface area contributed by atoms with Crippen molar-refractivity contribution in [2.24, 2.45) is 5.73 Å². The predicted octanol–water partition coefficient (Wildman–Crippen LogP) is 2.01. The van der Waals surface area contributed by atoms with Crippen LogP contribution in [0.3, 0.4) is 0 Å². The molecule has 0 radical (unpaired) electrons. The molecule has 21 heavy (non-hydrogen) atoms. The first kappa shape index (κ1) is 18.0. The lowest BCUT2D eigenvalue weighted by Crippen LogP contribution is -2.47. The second kappa shape index (κ2) is 9.03. The largest absolute Gasteiger partial charge is 0.378 e. The van der Waals surface area contributed by atoms with E-state index in [1.807, 2.05) is 23.1 Å². The van der Waals surface area contributed by atoms with Gasteiger partial charge in [0, 0.05) is 13.1 Å². The molecular weight excluding hydrogens is 288 g/mol. The number of ether oxygens (including phenoxy) is 1. The standard InChI is InChI=1S/C16H24N2O2.ClH/c1-13(17)16(19)18-10-7-15(8-11-18)20-12-9-14-5-3-2-4-6-14;/h2-6,13,15H,7-12,17H2,1H3;1H/t13-;/m1./s1. The maximum atomic E-state index is 11.8. The van der Waals surface area contributed by atoms with Gasteiger partial charge in [0.1, 0.15) is 0 Å². The maximum Gasteiger partial charge on any atom is 0.239 e. The Bertz CT molecular complexity index is 418. The zero-order valence-electron chi connectivity index (χ0n) is 12.5. The molecule has 1 aliphatic rings. The number of hydrogen-bond acceptors (Lipinski definition) is 3. The summed E-state index contributed by atoms with van der Waals surface area (Å²) < 4.78 is 5.91. The molecule has 118 valence electrons. The van der Waals surface area contributed by atoms with Crippen molar-refractivity contribution in [3.63, 3.8) is 0 Å². The van der Waals surface area contributed by atoms with Crippen LogP contribution in [0.5, 0.6) is 0 Å². The van der Waals surface area contributed by atoms with E-state index in [2.05, 4.69) is 12.1 Å². The lowest BCUT2D eigenvalue weighted by Gasteiger charge is -2.32. The highest BCUT2D eigenvalue weighted by molar-refractivity contribution is 5.85. The van der Waals surface area contributed by atoms with Crippen molar-refractivity contribution < 1.29 is 9.53 Å². The third-order valence-corrected chi connectivity index (χ3v) is 3.73. The molecule has 0 saturated carbocycles. The number of hydrogen-bond donors (Lipinski definition) is 1. The minimum atomic E-state index is -0.398. The van der Waals surface area contributed by atoms with Crippen molar-refractivity contribution in [1.29, 1.82) is 0 Å². The van der Waals surface area contributed by atoms with Crippen LogP contribution in [0.15, 0.2) is 30.3 Å². The Balaban J connectivity index is 0.00000220. The van der Waals surface area contributed by atoms with E-state index in [1.54, 1.807) is 6.92 Å². The molecule has 1 amide bonds. The zero-order valence-corrected chi connectivity index (χ0v) is 13.3. The molecule has 1 aliphatic heterocycles. The van der Waals surface area contributed by atoms with Gasteiger partial charge in [0.25, 0.3) is 0 Å². The molecule has 0 aliphatic carbocycles. The Kier molecular flexibility index (Phi) is 7.72. The number of nitrogens with two attached hydrogens (primary N) is 1. The van der Waals surface area contributed by atoms with E-state index >= 15 is 0 Å². The summed E-state index contributed by atoms with van der Waals surface area (Å²) in [5.41, 5.74) is 6.93. The minimum absolute atomic E-state index is 0. The molecule has 5 heteroatoms. The van der Waals surface area contributed by atoms with Crippen molar-refractivity contribution in [2.45, 2.75) is 38.3 Å². The lowest BCUT2D eigenvalue weighted by atomic mass is 10.1. The van der Waals surface area contributed by atoms with Crippen molar-refractivity contribution in [3.8, 4) is 0 Å². The summed E-state index contributed by atoms with van der Waals surface area (Å²) in [6.45, 7) is 4.01. The molecule has 0 aromatic heterocycles. The van der Waals surface area contributed by atoms with Crippen LogP contribution in [0.1, 0.15) is 25.3 Å². The van der Waals surface area contributed by atoms with Gasteiger partial charge >= 0.3 is 0 Å². The van der Waals surface area contributed by atoms with E-state index in [0.717, 1.165) is 39.0 Å². The molecule has 1 aromatic carbocycles. The van der Waals surface area contributed by atoms with Gasteiger partial charge in [-0.05, 0) is 31.7 Å². The van der Waals surface area contributed by atoms with E-state index in [-0.39, 0.29) is 24.4 Å². The van der Waals surface area contributed by atoms with Crippen LogP contribution in [0.4, 0.5) is 0 Å². The van der Waals surface area contributed by atoms with Crippen LogP contribution in [-0.2, 0) is 16.0 Å². The van der Waals surface area contributed by atoms with E-state index in [4.69, 9.17) is 10.5 Å². The first-order chi connectivity index (χ1) is 9.66. The van der Waals surface area contributed by atoms with Gasteiger partial charge in [-0.15, -0.1) is 12.4 Å². The zero-order chi connectivity index (χ0) is 14.4. The molecule has 1 saturated heterocycles. The average Bonchev–Trinajstić information content (AvgIpc) is 2.48. The Morgan fingerprint density at radius 3 is 2.52 bits per heavy atom. The first-order valence-corrected chi connectivity index (χ1v) is 7.36. The van der Waals surface area contributed by atoms with E-state index < -0.39 is 6.04 Å². The quantitative estimate of drug-likeness (QED) is 0.905. The lowest BCUT2D eigenvalue weighted by molar-refractivity contribution is -0.134. The number of amides is 1. The number of carbonyl (C=O) groups is 1. The molecule has 1 aromatic rings.